The van der Waals surface area contributed by atoms with Crippen molar-refractivity contribution in [3.05, 3.63) is 64.2 Å². The third kappa shape index (κ3) is 2.91. The van der Waals surface area contributed by atoms with E-state index in [1.807, 2.05) is 31.2 Å². The first kappa shape index (κ1) is 14.8. The van der Waals surface area contributed by atoms with Crippen LogP contribution in [-0.2, 0) is 6.54 Å². The molecule has 0 aliphatic carbocycles. The number of pyridine rings is 1. The first-order chi connectivity index (χ1) is 10.7. The number of nitrogens with one attached hydrogen (secondary N) is 1. The van der Waals surface area contributed by atoms with E-state index in [-0.39, 0.29) is 0 Å². The molecule has 0 bridgehead atoms. The summed E-state index contributed by atoms with van der Waals surface area (Å²) >= 11 is 12.3. The Kier molecular flexibility index (Phi) is 4.27. The van der Waals surface area contributed by atoms with E-state index < -0.39 is 0 Å². The van der Waals surface area contributed by atoms with Crippen LogP contribution in [0.2, 0.25) is 10.0 Å². The summed E-state index contributed by atoms with van der Waals surface area (Å²) < 4.78 is 1.62. The molecule has 5 nitrogen and oxygen atoms in total. The Morgan fingerprint density at radius 1 is 1.14 bits per heavy atom. The predicted octanol–water partition coefficient (Wildman–Crippen LogP) is 3.89. The largest absolute Gasteiger partial charge is 0.350 e. The molecule has 1 N–H and O–H groups in total. The van der Waals surface area contributed by atoms with Gasteiger partial charge < -0.3 is 5.32 Å². The van der Waals surface area contributed by atoms with Gasteiger partial charge in [0.15, 0.2) is 0 Å². The summed E-state index contributed by atoms with van der Waals surface area (Å²) in [6.45, 7) is 2.56. The van der Waals surface area contributed by atoms with Crippen LogP contribution in [0.1, 0.15) is 11.3 Å². The van der Waals surface area contributed by atoms with Gasteiger partial charge in [0.1, 0.15) is 6.33 Å². The van der Waals surface area contributed by atoms with Gasteiger partial charge in [0.05, 0.1) is 15.7 Å². The number of halogens is 2. The lowest BCUT2D eigenvalue weighted by Gasteiger charge is -2.11. The molecule has 0 aliphatic rings. The fourth-order valence-corrected chi connectivity index (χ4v) is 2.45. The van der Waals surface area contributed by atoms with Crippen molar-refractivity contribution in [1.29, 1.82) is 0 Å². The molecule has 0 saturated heterocycles. The minimum atomic E-state index is 0.440. The van der Waals surface area contributed by atoms with Gasteiger partial charge in [-0.2, -0.15) is 14.8 Å². The predicted molar refractivity (Wildman–Crippen MR) is 87.7 cm³/mol. The van der Waals surface area contributed by atoms with E-state index in [4.69, 9.17) is 23.2 Å². The maximum atomic E-state index is 6.24. The zero-order valence-corrected chi connectivity index (χ0v) is 13.3. The Hall–Kier alpha value is -2.11. The molecule has 112 valence electrons. The molecule has 2 heterocycles. The molecule has 1 aromatic carbocycles. The zero-order chi connectivity index (χ0) is 15.5. The van der Waals surface area contributed by atoms with E-state index in [0.29, 0.717) is 28.2 Å². The molecule has 0 saturated carbocycles. The van der Waals surface area contributed by atoms with Crippen molar-refractivity contribution in [2.45, 2.75) is 13.5 Å². The summed E-state index contributed by atoms with van der Waals surface area (Å²) in [5, 5.41) is 8.37. The highest BCUT2D eigenvalue weighted by molar-refractivity contribution is 6.43. The summed E-state index contributed by atoms with van der Waals surface area (Å²) in [6.07, 6.45) is 3.24. The quantitative estimate of drug-likeness (QED) is 0.786. The van der Waals surface area contributed by atoms with Crippen LogP contribution in [0.25, 0.3) is 5.69 Å². The van der Waals surface area contributed by atoms with E-state index in [0.717, 1.165) is 11.3 Å². The molecular formula is C15H13Cl2N5. The second-order valence-corrected chi connectivity index (χ2v) is 5.46. The van der Waals surface area contributed by atoms with Crippen molar-refractivity contribution >= 4 is 29.2 Å². The van der Waals surface area contributed by atoms with Gasteiger partial charge in [-0.3, -0.25) is 4.98 Å². The fourth-order valence-electron chi connectivity index (χ4n) is 2.07. The Morgan fingerprint density at radius 3 is 2.82 bits per heavy atom. The second-order valence-electron chi connectivity index (χ2n) is 4.67. The maximum Gasteiger partial charge on any atom is 0.226 e. The van der Waals surface area contributed by atoms with Crippen molar-refractivity contribution in [1.82, 2.24) is 19.7 Å². The van der Waals surface area contributed by atoms with Gasteiger partial charge >= 0.3 is 0 Å². The van der Waals surface area contributed by atoms with Crippen LogP contribution in [0.5, 0.6) is 0 Å². The molecule has 0 atom stereocenters. The highest BCUT2D eigenvalue weighted by atomic mass is 35.5. The topological polar surface area (TPSA) is 55.6 Å². The molecular weight excluding hydrogens is 321 g/mol. The Balaban J connectivity index is 1.87. The van der Waals surface area contributed by atoms with Crippen LogP contribution in [0.3, 0.4) is 0 Å². The lowest BCUT2D eigenvalue weighted by atomic mass is 10.2. The minimum absolute atomic E-state index is 0.440. The molecule has 22 heavy (non-hydrogen) atoms. The SMILES string of the molecule is Cc1ncccc1CNc1ncnn1-c1cccc(Cl)c1Cl. The third-order valence-corrected chi connectivity index (χ3v) is 4.07. The third-order valence-electron chi connectivity index (χ3n) is 3.26. The second kappa shape index (κ2) is 6.34. The minimum Gasteiger partial charge on any atom is -0.350 e. The van der Waals surface area contributed by atoms with Crippen LogP contribution in [-0.4, -0.2) is 19.7 Å². The average Bonchev–Trinajstić information content (AvgIpc) is 2.97. The standard InChI is InChI=1S/C15H13Cl2N5/c1-10-11(4-3-7-18-10)8-19-15-20-9-21-22(15)13-6-2-5-12(16)14(13)17/h2-7,9H,8H2,1H3,(H,19,20,21). The van der Waals surface area contributed by atoms with Gasteiger partial charge in [-0.25, -0.2) is 0 Å². The van der Waals surface area contributed by atoms with Gasteiger partial charge in [-0.1, -0.05) is 35.3 Å². The molecule has 0 radical (unpaired) electrons. The number of nitrogens with zero attached hydrogens (tertiary/aromatic N) is 4. The van der Waals surface area contributed by atoms with Gasteiger partial charge in [-0.15, -0.1) is 0 Å². The molecule has 3 aromatic rings. The van der Waals surface area contributed by atoms with E-state index in [1.54, 1.807) is 16.9 Å². The summed E-state index contributed by atoms with van der Waals surface area (Å²) in [7, 11) is 0. The van der Waals surface area contributed by atoms with Crippen molar-refractivity contribution in [2.75, 3.05) is 5.32 Å². The number of benzene rings is 1. The molecule has 0 amide bonds. The number of anilines is 1. The van der Waals surface area contributed by atoms with E-state index in [2.05, 4.69) is 20.4 Å². The average molecular weight is 334 g/mol. The molecule has 0 spiro atoms. The summed E-state index contributed by atoms with van der Waals surface area (Å²) in [4.78, 5) is 8.49. The van der Waals surface area contributed by atoms with Crippen molar-refractivity contribution in [2.24, 2.45) is 0 Å². The molecule has 7 heteroatoms. The van der Waals surface area contributed by atoms with Crippen molar-refractivity contribution in [3.8, 4) is 5.69 Å². The lowest BCUT2D eigenvalue weighted by molar-refractivity contribution is 0.871. The highest BCUT2D eigenvalue weighted by Crippen LogP contribution is 2.29. The molecule has 2 aromatic heterocycles. The van der Waals surface area contributed by atoms with Crippen LogP contribution in [0.4, 0.5) is 5.95 Å². The first-order valence-corrected chi connectivity index (χ1v) is 7.41. The van der Waals surface area contributed by atoms with Crippen molar-refractivity contribution in [3.63, 3.8) is 0 Å². The smallest absolute Gasteiger partial charge is 0.226 e. The van der Waals surface area contributed by atoms with Crippen LogP contribution in [0.15, 0.2) is 42.9 Å². The van der Waals surface area contributed by atoms with E-state index in [1.165, 1.54) is 6.33 Å². The summed E-state index contributed by atoms with van der Waals surface area (Å²) in [5.74, 6) is 0.590. The van der Waals surface area contributed by atoms with Crippen LogP contribution >= 0.6 is 23.2 Å². The lowest BCUT2D eigenvalue weighted by Crippen LogP contribution is -2.09. The zero-order valence-electron chi connectivity index (χ0n) is 11.8. The van der Waals surface area contributed by atoms with Gasteiger partial charge in [-0.05, 0) is 30.7 Å². The number of rotatable bonds is 4. The van der Waals surface area contributed by atoms with Crippen molar-refractivity contribution < 1.29 is 0 Å². The number of hydrogen-bond donors (Lipinski definition) is 1. The maximum absolute atomic E-state index is 6.24. The molecule has 0 unspecified atom stereocenters. The monoisotopic (exact) mass is 333 g/mol. The molecule has 3 rings (SSSR count). The van der Waals surface area contributed by atoms with Crippen LogP contribution < -0.4 is 5.32 Å². The van der Waals surface area contributed by atoms with Gasteiger partial charge in [0.25, 0.3) is 0 Å². The molecule has 0 aliphatic heterocycles. The number of aryl methyl sites for hydroxylation is 1. The Morgan fingerprint density at radius 2 is 2.00 bits per heavy atom. The fraction of sp³-hybridized carbons (Fsp3) is 0.133. The Labute approximate surface area is 137 Å². The van der Waals surface area contributed by atoms with E-state index in [9.17, 15) is 0 Å². The van der Waals surface area contributed by atoms with Gasteiger partial charge in [0.2, 0.25) is 5.95 Å². The van der Waals surface area contributed by atoms with Gasteiger partial charge in [0, 0.05) is 18.4 Å². The Bertz CT molecular complexity index is 800. The highest BCUT2D eigenvalue weighted by Gasteiger charge is 2.12. The molecule has 0 fully saturated rings. The number of aromatic nitrogens is 4. The summed E-state index contributed by atoms with van der Waals surface area (Å²) in [5.41, 5.74) is 2.74. The first-order valence-electron chi connectivity index (χ1n) is 6.65. The normalized spacial score (nSPS) is 10.7. The van der Waals surface area contributed by atoms with E-state index >= 15 is 0 Å². The summed E-state index contributed by atoms with van der Waals surface area (Å²) in [6, 6.07) is 9.31. The van der Waals surface area contributed by atoms with Crippen LogP contribution in [0, 0.1) is 6.92 Å². The number of hydrogen-bond acceptors (Lipinski definition) is 4.